The highest BCUT2D eigenvalue weighted by Gasteiger charge is 2.31. The molecule has 0 saturated heterocycles. The highest BCUT2D eigenvalue weighted by molar-refractivity contribution is 4.78. The van der Waals surface area contributed by atoms with E-state index in [0.717, 1.165) is 25.7 Å². The van der Waals surface area contributed by atoms with E-state index in [9.17, 15) is 10.1 Å². The molecule has 0 aromatic heterocycles. The summed E-state index contributed by atoms with van der Waals surface area (Å²) in [5.41, 5.74) is 0. The maximum Gasteiger partial charge on any atom is 0.312 e. The van der Waals surface area contributed by atoms with Gasteiger partial charge >= 0.3 is 5.09 Å². The standard InChI is InChI=1S/C12H22N2O3/c15-14(16)17-13(11-7-3-1-4-8-11)12-9-5-2-6-10-12/h11-12H,1-10H2. The van der Waals surface area contributed by atoms with E-state index in [1.165, 1.54) is 38.5 Å². The summed E-state index contributed by atoms with van der Waals surface area (Å²) >= 11 is 0. The third-order valence-corrected chi connectivity index (χ3v) is 4.03. The Morgan fingerprint density at radius 2 is 1.29 bits per heavy atom. The van der Waals surface area contributed by atoms with Gasteiger partial charge in [-0.2, -0.15) is 0 Å². The molecule has 5 heteroatoms. The summed E-state index contributed by atoms with van der Waals surface area (Å²) in [7, 11) is 0. The van der Waals surface area contributed by atoms with E-state index in [-0.39, 0.29) is 12.1 Å². The van der Waals surface area contributed by atoms with E-state index in [2.05, 4.69) is 0 Å². The first-order valence-corrected chi connectivity index (χ1v) is 6.88. The van der Waals surface area contributed by atoms with Crippen molar-refractivity contribution in [2.75, 3.05) is 0 Å². The van der Waals surface area contributed by atoms with Crippen LogP contribution in [0, 0.1) is 10.1 Å². The third kappa shape index (κ3) is 3.56. The highest BCUT2D eigenvalue weighted by atomic mass is 17.0. The van der Waals surface area contributed by atoms with E-state index < -0.39 is 5.09 Å². The normalized spacial score (nSPS) is 23.8. The van der Waals surface area contributed by atoms with Crippen molar-refractivity contribution in [3.8, 4) is 0 Å². The number of hydrogen-bond donors (Lipinski definition) is 0. The van der Waals surface area contributed by atoms with Gasteiger partial charge < -0.3 is 0 Å². The van der Waals surface area contributed by atoms with Crippen LogP contribution >= 0.6 is 0 Å². The lowest BCUT2D eigenvalue weighted by Gasteiger charge is -2.38. The second-order valence-electron chi connectivity index (χ2n) is 5.25. The van der Waals surface area contributed by atoms with Crippen LogP contribution in [0.2, 0.25) is 0 Å². The quantitative estimate of drug-likeness (QED) is 0.561. The maximum atomic E-state index is 10.6. The number of rotatable bonds is 4. The maximum absolute atomic E-state index is 10.6. The minimum absolute atomic E-state index is 0.261. The molecule has 17 heavy (non-hydrogen) atoms. The summed E-state index contributed by atoms with van der Waals surface area (Å²) in [6, 6.07) is 0.523. The minimum Gasteiger partial charge on any atom is -0.216 e. The Bertz CT molecular complexity index is 230. The van der Waals surface area contributed by atoms with E-state index in [4.69, 9.17) is 4.94 Å². The molecule has 0 atom stereocenters. The van der Waals surface area contributed by atoms with Crippen LogP contribution in [-0.4, -0.2) is 22.2 Å². The molecule has 2 saturated carbocycles. The molecule has 0 heterocycles. The number of hydroxylamine groups is 2. The molecule has 2 aliphatic carbocycles. The van der Waals surface area contributed by atoms with Gasteiger partial charge in [-0.05, 0) is 25.7 Å². The first-order valence-electron chi connectivity index (χ1n) is 6.88. The van der Waals surface area contributed by atoms with Gasteiger partial charge in [0.1, 0.15) is 0 Å². The van der Waals surface area contributed by atoms with Crippen molar-refractivity contribution in [2.24, 2.45) is 0 Å². The average molecular weight is 242 g/mol. The molecular formula is C12H22N2O3. The largest absolute Gasteiger partial charge is 0.312 e. The van der Waals surface area contributed by atoms with E-state index in [1.54, 1.807) is 5.06 Å². The van der Waals surface area contributed by atoms with Crippen LogP contribution in [0.15, 0.2) is 0 Å². The van der Waals surface area contributed by atoms with Crippen molar-refractivity contribution in [2.45, 2.75) is 76.3 Å². The Morgan fingerprint density at radius 3 is 1.65 bits per heavy atom. The van der Waals surface area contributed by atoms with Crippen molar-refractivity contribution in [1.29, 1.82) is 0 Å². The van der Waals surface area contributed by atoms with Crippen LogP contribution in [0.4, 0.5) is 0 Å². The monoisotopic (exact) mass is 242 g/mol. The first kappa shape index (κ1) is 12.6. The SMILES string of the molecule is O=[N+]([O-])ON(C1CCCCC1)C1CCCCC1. The summed E-state index contributed by atoms with van der Waals surface area (Å²) in [4.78, 5) is 15.5. The molecule has 0 spiro atoms. The van der Waals surface area contributed by atoms with Crippen molar-refractivity contribution < 1.29 is 10.0 Å². The lowest BCUT2D eigenvalue weighted by atomic mass is 9.90. The van der Waals surface area contributed by atoms with Crippen molar-refractivity contribution in [3.63, 3.8) is 0 Å². The van der Waals surface area contributed by atoms with Gasteiger partial charge in [-0.3, -0.25) is 0 Å². The van der Waals surface area contributed by atoms with Gasteiger partial charge in [0.2, 0.25) is 0 Å². The van der Waals surface area contributed by atoms with Crippen LogP contribution in [0.25, 0.3) is 0 Å². The molecule has 0 aromatic rings. The Hall–Kier alpha value is -0.840. The molecule has 2 fully saturated rings. The number of hydrogen-bond acceptors (Lipinski definition) is 4. The molecule has 0 amide bonds. The van der Waals surface area contributed by atoms with Crippen LogP contribution in [0.1, 0.15) is 64.2 Å². The molecule has 0 aliphatic heterocycles. The second kappa shape index (κ2) is 6.19. The fraction of sp³-hybridized carbons (Fsp3) is 1.00. The predicted molar refractivity (Wildman–Crippen MR) is 63.7 cm³/mol. The summed E-state index contributed by atoms with van der Waals surface area (Å²) in [6.07, 6.45) is 11.4. The molecule has 0 aromatic carbocycles. The Kier molecular flexibility index (Phi) is 4.59. The van der Waals surface area contributed by atoms with E-state index in [1.807, 2.05) is 0 Å². The molecule has 0 N–H and O–H groups in total. The topological polar surface area (TPSA) is 55.6 Å². The lowest BCUT2D eigenvalue weighted by molar-refractivity contribution is -0.816. The molecule has 98 valence electrons. The lowest BCUT2D eigenvalue weighted by Crippen LogP contribution is -2.46. The highest BCUT2D eigenvalue weighted by Crippen LogP contribution is 2.30. The summed E-state index contributed by atoms with van der Waals surface area (Å²) in [6.45, 7) is 0. The van der Waals surface area contributed by atoms with Crippen molar-refractivity contribution >= 4 is 0 Å². The second-order valence-corrected chi connectivity index (χ2v) is 5.25. The van der Waals surface area contributed by atoms with Crippen LogP contribution in [0.3, 0.4) is 0 Å². The van der Waals surface area contributed by atoms with Gasteiger partial charge in [0.15, 0.2) is 0 Å². The zero-order valence-electron chi connectivity index (χ0n) is 10.3. The van der Waals surface area contributed by atoms with Crippen molar-refractivity contribution in [1.82, 2.24) is 5.06 Å². The van der Waals surface area contributed by atoms with E-state index >= 15 is 0 Å². The summed E-state index contributed by atoms with van der Waals surface area (Å²) in [5.74, 6) is 0. The smallest absolute Gasteiger partial charge is 0.216 e. The van der Waals surface area contributed by atoms with Gasteiger partial charge in [0, 0.05) is 12.1 Å². The molecule has 2 aliphatic rings. The molecule has 2 rings (SSSR count). The summed E-state index contributed by atoms with van der Waals surface area (Å²) in [5, 5.41) is 11.7. The predicted octanol–water partition coefficient (Wildman–Crippen LogP) is 3.08. The van der Waals surface area contributed by atoms with E-state index in [0.29, 0.717) is 0 Å². The van der Waals surface area contributed by atoms with Gasteiger partial charge in [0.25, 0.3) is 0 Å². The van der Waals surface area contributed by atoms with Crippen LogP contribution in [-0.2, 0) is 4.94 Å². The molecule has 0 radical (unpaired) electrons. The average Bonchev–Trinajstić information content (AvgIpc) is 2.38. The fourth-order valence-corrected chi connectivity index (χ4v) is 3.18. The minimum atomic E-state index is -0.636. The van der Waals surface area contributed by atoms with Crippen LogP contribution < -0.4 is 0 Å². The molecule has 5 nitrogen and oxygen atoms in total. The Morgan fingerprint density at radius 1 is 0.882 bits per heavy atom. The van der Waals surface area contributed by atoms with Crippen molar-refractivity contribution in [3.05, 3.63) is 10.1 Å². The Balaban J connectivity index is 1.97. The van der Waals surface area contributed by atoms with Gasteiger partial charge in [0.05, 0.1) is 0 Å². The molecular weight excluding hydrogens is 220 g/mol. The first-order chi connectivity index (χ1) is 8.27. The number of nitrogens with zero attached hydrogens (tertiary/aromatic N) is 2. The fourth-order valence-electron chi connectivity index (χ4n) is 3.18. The zero-order valence-corrected chi connectivity index (χ0v) is 10.3. The molecule has 0 bridgehead atoms. The zero-order chi connectivity index (χ0) is 12.1. The third-order valence-electron chi connectivity index (χ3n) is 4.03. The Labute approximate surface area is 102 Å². The van der Waals surface area contributed by atoms with Crippen LogP contribution in [0.5, 0.6) is 0 Å². The van der Waals surface area contributed by atoms with Gasteiger partial charge in [-0.1, -0.05) is 38.5 Å². The van der Waals surface area contributed by atoms with Gasteiger partial charge in [-0.15, -0.1) is 15.2 Å². The van der Waals surface area contributed by atoms with Gasteiger partial charge in [-0.25, -0.2) is 4.94 Å². The summed E-state index contributed by atoms with van der Waals surface area (Å²) < 4.78 is 0. The molecule has 0 unspecified atom stereocenters.